The summed E-state index contributed by atoms with van der Waals surface area (Å²) in [4.78, 5) is 37.9. The first-order valence-electron chi connectivity index (χ1n) is 9.49. The van der Waals surface area contributed by atoms with Gasteiger partial charge in [-0.25, -0.2) is 4.79 Å². The number of amides is 2. The van der Waals surface area contributed by atoms with Gasteiger partial charge < -0.3 is 20.3 Å². The van der Waals surface area contributed by atoms with Gasteiger partial charge in [-0.1, -0.05) is 35.0 Å². The molecule has 0 saturated heterocycles. The van der Waals surface area contributed by atoms with Gasteiger partial charge in [0.15, 0.2) is 6.61 Å². The topological polar surface area (TPSA) is 125 Å². The third kappa shape index (κ3) is 4.06. The van der Waals surface area contributed by atoms with Crippen molar-refractivity contribution >= 4 is 45.7 Å². The average molecular weight is 460 g/mol. The fourth-order valence-corrected chi connectivity index (χ4v) is 5.10. The molecule has 0 radical (unpaired) electrons. The Morgan fingerprint density at radius 2 is 2.03 bits per heavy atom. The Morgan fingerprint density at radius 1 is 1.26 bits per heavy atom. The van der Waals surface area contributed by atoms with E-state index in [4.69, 9.17) is 26.6 Å². The van der Waals surface area contributed by atoms with Gasteiger partial charge in [-0.05, 0) is 37.8 Å². The lowest BCUT2D eigenvalue weighted by Crippen LogP contribution is -2.23. The Balaban J connectivity index is 1.47. The molecule has 0 bridgehead atoms. The lowest BCUT2D eigenvalue weighted by molar-refractivity contribution is -0.119. The number of benzene rings is 1. The number of nitrogens with two attached hydrogens (primary N) is 1. The number of anilines is 1. The van der Waals surface area contributed by atoms with Crippen LogP contribution in [-0.4, -0.2) is 29.5 Å². The first-order valence-corrected chi connectivity index (χ1v) is 10.7. The molecule has 2 aromatic heterocycles. The zero-order valence-electron chi connectivity index (χ0n) is 16.5. The fourth-order valence-electron chi connectivity index (χ4n) is 3.57. The SMILES string of the molecule is Cc1onc(-c2ccccc2Cl)c1C(=O)OCC(=O)Nc1sc2c(c1C(N)=O)CCC2. The molecule has 160 valence electrons. The molecule has 10 heteroatoms. The number of esters is 1. The van der Waals surface area contributed by atoms with Crippen LogP contribution in [0, 0.1) is 6.92 Å². The van der Waals surface area contributed by atoms with Crippen LogP contribution in [0.15, 0.2) is 28.8 Å². The molecule has 31 heavy (non-hydrogen) atoms. The highest BCUT2D eigenvalue weighted by Gasteiger charge is 2.27. The second-order valence-corrected chi connectivity index (χ2v) is 8.50. The van der Waals surface area contributed by atoms with Crippen molar-refractivity contribution in [2.24, 2.45) is 5.73 Å². The number of carbonyl (C=O) groups excluding carboxylic acids is 3. The number of halogens is 1. The monoisotopic (exact) mass is 459 g/mol. The summed E-state index contributed by atoms with van der Waals surface area (Å²) in [6, 6.07) is 6.87. The van der Waals surface area contributed by atoms with E-state index in [2.05, 4.69) is 10.5 Å². The number of hydrogen-bond donors (Lipinski definition) is 2. The number of aryl methyl sites for hydroxylation is 2. The molecule has 0 saturated carbocycles. The highest BCUT2D eigenvalue weighted by Crippen LogP contribution is 2.38. The molecule has 0 fully saturated rings. The molecule has 3 aromatic rings. The van der Waals surface area contributed by atoms with E-state index in [-0.39, 0.29) is 17.0 Å². The van der Waals surface area contributed by atoms with E-state index in [1.165, 1.54) is 11.3 Å². The van der Waals surface area contributed by atoms with Gasteiger partial charge in [-0.2, -0.15) is 0 Å². The minimum Gasteiger partial charge on any atom is -0.452 e. The minimum absolute atomic E-state index is 0.0915. The smallest absolute Gasteiger partial charge is 0.344 e. The minimum atomic E-state index is -0.771. The molecule has 8 nitrogen and oxygen atoms in total. The highest BCUT2D eigenvalue weighted by molar-refractivity contribution is 7.17. The van der Waals surface area contributed by atoms with Crippen LogP contribution >= 0.6 is 22.9 Å². The van der Waals surface area contributed by atoms with E-state index in [1.54, 1.807) is 31.2 Å². The third-order valence-corrected chi connectivity index (χ3v) is 6.49. The lowest BCUT2D eigenvalue weighted by atomic mass is 10.1. The van der Waals surface area contributed by atoms with Gasteiger partial charge in [0.2, 0.25) is 0 Å². The van der Waals surface area contributed by atoms with Crippen LogP contribution in [-0.2, 0) is 22.4 Å². The van der Waals surface area contributed by atoms with Gasteiger partial charge in [-0.3, -0.25) is 9.59 Å². The molecule has 0 aliphatic heterocycles. The summed E-state index contributed by atoms with van der Waals surface area (Å²) in [5, 5.41) is 7.33. The summed E-state index contributed by atoms with van der Waals surface area (Å²) >= 11 is 7.53. The van der Waals surface area contributed by atoms with E-state index in [0.29, 0.717) is 21.2 Å². The molecular weight excluding hydrogens is 442 g/mol. The fraction of sp³-hybridized carbons (Fsp3) is 0.238. The summed E-state index contributed by atoms with van der Waals surface area (Å²) in [5.74, 6) is -1.70. The number of primary amides is 1. The van der Waals surface area contributed by atoms with Crippen LogP contribution in [0.25, 0.3) is 11.3 Å². The predicted octanol–water partition coefficient (Wildman–Crippen LogP) is 3.75. The van der Waals surface area contributed by atoms with Crippen molar-refractivity contribution < 1.29 is 23.6 Å². The molecule has 1 aliphatic rings. The maximum atomic E-state index is 12.7. The van der Waals surface area contributed by atoms with Crippen LogP contribution < -0.4 is 11.1 Å². The van der Waals surface area contributed by atoms with Crippen LogP contribution in [0.2, 0.25) is 5.02 Å². The van der Waals surface area contributed by atoms with E-state index >= 15 is 0 Å². The molecule has 4 rings (SSSR count). The molecule has 1 aromatic carbocycles. The van der Waals surface area contributed by atoms with Crippen molar-refractivity contribution in [3.63, 3.8) is 0 Å². The third-order valence-electron chi connectivity index (χ3n) is 4.95. The quantitative estimate of drug-likeness (QED) is 0.541. The number of ether oxygens (including phenoxy) is 1. The molecule has 3 N–H and O–H groups in total. The summed E-state index contributed by atoms with van der Waals surface area (Å²) in [7, 11) is 0. The first-order chi connectivity index (χ1) is 14.9. The maximum absolute atomic E-state index is 12.7. The number of carbonyl (C=O) groups is 3. The van der Waals surface area contributed by atoms with Crippen molar-refractivity contribution in [1.82, 2.24) is 5.16 Å². The molecule has 0 unspecified atom stereocenters. The van der Waals surface area contributed by atoms with Gasteiger partial charge in [0, 0.05) is 10.4 Å². The van der Waals surface area contributed by atoms with Crippen LogP contribution in [0.4, 0.5) is 5.00 Å². The standard InChI is InChI=1S/C21H18ClN3O5S/c1-10-16(18(25-30-10)11-5-2-3-7-13(11)22)21(28)29-9-15(26)24-20-17(19(23)27)12-6-4-8-14(12)31-20/h2-3,5,7H,4,6,8-9H2,1H3,(H2,23,27)(H,24,26). The Bertz CT molecular complexity index is 1200. The van der Waals surface area contributed by atoms with Gasteiger partial charge >= 0.3 is 5.97 Å². The Kier molecular flexibility index (Phi) is 5.79. The first kappa shape index (κ1) is 21.1. The summed E-state index contributed by atoms with van der Waals surface area (Å²) < 4.78 is 10.3. The van der Waals surface area contributed by atoms with E-state index in [0.717, 1.165) is 29.7 Å². The summed E-state index contributed by atoms with van der Waals surface area (Å²) in [5.41, 5.74) is 7.57. The maximum Gasteiger partial charge on any atom is 0.344 e. The largest absolute Gasteiger partial charge is 0.452 e. The second-order valence-electron chi connectivity index (χ2n) is 6.99. The van der Waals surface area contributed by atoms with Gasteiger partial charge in [0.05, 0.1) is 10.6 Å². The van der Waals surface area contributed by atoms with Crippen LogP contribution in [0.1, 0.15) is 43.3 Å². The zero-order chi connectivity index (χ0) is 22.1. The summed E-state index contributed by atoms with van der Waals surface area (Å²) in [6.45, 7) is 1.02. The van der Waals surface area contributed by atoms with E-state index in [9.17, 15) is 14.4 Å². The van der Waals surface area contributed by atoms with Crippen molar-refractivity contribution in [3.05, 3.63) is 56.6 Å². The number of hydrogen-bond acceptors (Lipinski definition) is 7. The molecule has 2 heterocycles. The Morgan fingerprint density at radius 3 is 2.77 bits per heavy atom. The van der Waals surface area contributed by atoms with Crippen molar-refractivity contribution in [2.45, 2.75) is 26.2 Å². The van der Waals surface area contributed by atoms with Gasteiger partial charge in [-0.15, -0.1) is 11.3 Å². The van der Waals surface area contributed by atoms with Crippen molar-refractivity contribution in [1.29, 1.82) is 0 Å². The van der Waals surface area contributed by atoms with E-state index in [1.807, 2.05) is 0 Å². The van der Waals surface area contributed by atoms with Crippen LogP contribution in [0.5, 0.6) is 0 Å². The molecule has 0 atom stereocenters. The lowest BCUT2D eigenvalue weighted by Gasteiger charge is -2.08. The Hall–Kier alpha value is -3.17. The zero-order valence-corrected chi connectivity index (χ0v) is 18.1. The summed E-state index contributed by atoms with van der Waals surface area (Å²) in [6.07, 6.45) is 2.56. The van der Waals surface area contributed by atoms with Crippen molar-refractivity contribution in [3.8, 4) is 11.3 Å². The number of aromatic nitrogens is 1. The number of nitrogens with zero attached hydrogens (tertiary/aromatic N) is 1. The molecule has 1 aliphatic carbocycles. The molecular formula is C21H18ClN3O5S. The highest BCUT2D eigenvalue weighted by atomic mass is 35.5. The average Bonchev–Trinajstić information content (AvgIpc) is 3.40. The number of nitrogens with one attached hydrogen (secondary N) is 1. The van der Waals surface area contributed by atoms with Crippen molar-refractivity contribution in [2.75, 3.05) is 11.9 Å². The molecule has 0 spiro atoms. The van der Waals surface area contributed by atoms with Gasteiger partial charge in [0.25, 0.3) is 11.8 Å². The number of fused-ring (bicyclic) bond motifs is 1. The number of thiophene rings is 1. The van der Waals surface area contributed by atoms with Crippen LogP contribution in [0.3, 0.4) is 0 Å². The predicted molar refractivity (Wildman–Crippen MR) is 115 cm³/mol. The molecule has 2 amide bonds. The van der Waals surface area contributed by atoms with E-state index < -0.39 is 24.4 Å². The second kappa shape index (κ2) is 8.52. The van der Waals surface area contributed by atoms with Gasteiger partial charge in [0.1, 0.15) is 22.0 Å². The normalized spacial score (nSPS) is 12.5. The number of rotatable bonds is 6. The Labute approximate surface area is 186 Å².